The third kappa shape index (κ3) is 4.08. The van der Waals surface area contributed by atoms with E-state index in [-0.39, 0.29) is 12.5 Å². The normalized spacial score (nSPS) is 15.2. The highest BCUT2D eigenvalue weighted by Gasteiger charge is 2.17. The number of carboxylic acids is 1. The molecule has 4 heteroatoms. The second-order valence-corrected chi connectivity index (χ2v) is 2.77. The van der Waals surface area contributed by atoms with Gasteiger partial charge in [-0.3, -0.25) is 4.79 Å². The molecule has 0 aliphatic rings. The highest BCUT2D eigenvalue weighted by Crippen LogP contribution is 1.95. The Hall–Kier alpha value is -0.900. The molecule has 12 heavy (non-hydrogen) atoms. The summed E-state index contributed by atoms with van der Waals surface area (Å²) >= 11 is 0. The molecule has 1 unspecified atom stereocenters. The lowest BCUT2D eigenvalue weighted by atomic mass is 10.1. The lowest BCUT2D eigenvalue weighted by Gasteiger charge is -2.16. The minimum absolute atomic E-state index is 0.0275. The van der Waals surface area contributed by atoms with Crippen LogP contribution in [-0.4, -0.2) is 29.4 Å². The van der Waals surface area contributed by atoms with E-state index >= 15 is 0 Å². The zero-order valence-electron chi connectivity index (χ0n) is 7.41. The summed E-state index contributed by atoms with van der Waals surface area (Å²) in [7, 11) is 0. The fraction of sp³-hybridized carbons (Fsp3) is 0.750. The summed E-state index contributed by atoms with van der Waals surface area (Å²) in [6.07, 6.45) is 1.50. The summed E-state index contributed by atoms with van der Waals surface area (Å²) in [5, 5.41) is 11.5. The van der Waals surface area contributed by atoms with E-state index < -0.39 is 12.0 Å². The van der Waals surface area contributed by atoms with Gasteiger partial charge in [-0.1, -0.05) is 6.92 Å². The van der Waals surface area contributed by atoms with Gasteiger partial charge in [-0.05, 0) is 13.3 Å². The Morgan fingerprint density at radius 2 is 2.25 bits per heavy atom. The Balaban J connectivity index is 3.94. The van der Waals surface area contributed by atoms with Crippen molar-refractivity contribution in [2.75, 3.05) is 0 Å². The molecule has 2 N–H and O–H groups in total. The van der Waals surface area contributed by atoms with Crippen LogP contribution in [0.15, 0.2) is 0 Å². The van der Waals surface area contributed by atoms with E-state index in [0.717, 1.165) is 6.42 Å². The van der Waals surface area contributed by atoms with Gasteiger partial charge in [0.1, 0.15) is 12.3 Å². The summed E-state index contributed by atoms with van der Waals surface area (Å²) in [5.74, 6) is -0.970. The first-order valence-electron chi connectivity index (χ1n) is 4.04. The maximum atomic E-state index is 10.5. The summed E-state index contributed by atoms with van der Waals surface area (Å²) in [6.45, 7) is 3.85. The highest BCUT2D eigenvalue weighted by molar-refractivity contribution is 5.76. The quantitative estimate of drug-likeness (QED) is 0.571. The first-order valence-corrected chi connectivity index (χ1v) is 4.04. The molecule has 0 saturated heterocycles. The number of hydrogen-bond donors (Lipinski definition) is 2. The van der Waals surface area contributed by atoms with Crippen molar-refractivity contribution in [2.24, 2.45) is 0 Å². The molecule has 0 aromatic carbocycles. The summed E-state index contributed by atoms with van der Waals surface area (Å²) in [4.78, 5) is 20.6. The van der Waals surface area contributed by atoms with Crippen LogP contribution in [0.1, 0.15) is 26.7 Å². The van der Waals surface area contributed by atoms with Crippen molar-refractivity contribution in [2.45, 2.75) is 38.8 Å². The molecule has 70 valence electrons. The number of hydrogen-bond acceptors (Lipinski definition) is 3. The van der Waals surface area contributed by atoms with E-state index in [1.54, 1.807) is 0 Å². The molecular formula is C8H15NO3. The van der Waals surface area contributed by atoms with E-state index in [2.05, 4.69) is 5.32 Å². The summed E-state index contributed by atoms with van der Waals surface area (Å²) in [5.41, 5.74) is 0. The molecule has 0 saturated carbocycles. The minimum Gasteiger partial charge on any atom is -0.480 e. The van der Waals surface area contributed by atoms with Gasteiger partial charge in [-0.25, -0.2) is 0 Å². The smallest absolute Gasteiger partial charge is 0.321 e. The first-order chi connectivity index (χ1) is 5.61. The molecule has 0 aliphatic heterocycles. The van der Waals surface area contributed by atoms with Crippen LogP contribution < -0.4 is 5.32 Å². The molecule has 0 amide bonds. The molecule has 0 spiro atoms. The van der Waals surface area contributed by atoms with E-state index in [9.17, 15) is 9.59 Å². The Kier molecular flexibility index (Phi) is 5.28. The van der Waals surface area contributed by atoms with Gasteiger partial charge in [-0.2, -0.15) is 0 Å². The van der Waals surface area contributed by atoms with Crippen LogP contribution in [0.3, 0.4) is 0 Å². The molecule has 2 atom stereocenters. The summed E-state index contributed by atoms with van der Waals surface area (Å²) in [6, 6.07) is -0.608. The Labute approximate surface area is 72.0 Å². The zero-order chi connectivity index (χ0) is 9.56. The monoisotopic (exact) mass is 173 g/mol. The molecule has 0 aliphatic carbocycles. The maximum absolute atomic E-state index is 10.5. The molecular weight excluding hydrogens is 158 g/mol. The van der Waals surface area contributed by atoms with Crippen molar-refractivity contribution in [3.05, 3.63) is 0 Å². The van der Waals surface area contributed by atoms with Crippen LogP contribution in [0.4, 0.5) is 0 Å². The number of aliphatic carboxylic acids is 1. The van der Waals surface area contributed by atoms with Crippen LogP contribution in [0.5, 0.6) is 0 Å². The fourth-order valence-corrected chi connectivity index (χ4v) is 0.798. The molecule has 4 nitrogen and oxygen atoms in total. The van der Waals surface area contributed by atoms with Crippen LogP contribution in [-0.2, 0) is 9.59 Å². The molecule has 0 heterocycles. The van der Waals surface area contributed by atoms with Crippen LogP contribution in [0, 0.1) is 0 Å². The minimum atomic E-state index is -0.970. The largest absolute Gasteiger partial charge is 0.480 e. The SMILES string of the molecule is CCC(C)N[C@H](CC=O)C(=O)O. The van der Waals surface area contributed by atoms with Gasteiger partial charge >= 0.3 is 5.97 Å². The van der Waals surface area contributed by atoms with Crippen molar-refractivity contribution in [1.29, 1.82) is 0 Å². The van der Waals surface area contributed by atoms with Gasteiger partial charge in [0, 0.05) is 12.5 Å². The lowest BCUT2D eigenvalue weighted by Crippen LogP contribution is -2.42. The number of nitrogens with one attached hydrogen (secondary N) is 1. The molecule has 0 rings (SSSR count). The first kappa shape index (κ1) is 11.1. The molecule has 0 aromatic rings. The number of carboxylic acid groups (broad SMARTS) is 1. The van der Waals surface area contributed by atoms with Crippen molar-refractivity contribution < 1.29 is 14.7 Å². The Morgan fingerprint density at radius 1 is 1.67 bits per heavy atom. The van der Waals surface area contributed by atoms with Crippen molar-refractivity contribution in [1.82, 2.24) is 5.32 Å². The van der Waals surface area contributed by atoms with Gasteiger partial charge < -0.3 is 15.2 Å². The van der Waals surface area contributed by atoms with E-state index in [1.165, 1.54) is 0 Å². The number of aldehydes is 1. The summed E-state index contributed by atoms with van der Waals surface area (Å²) < 4.78 is 0. The maximum Gasteiger partial charge on any atom is 0.321 e. The average Bonchev–Trinajstić information content (AvgIpc) is 2.03. The molecule has 0 radical (unpaired) electrons. The second kappa shape index (κ2) is 5.71. The van der Waals surface area contributed by atoms with Gasteiger partial charge in [0.25, 0.3) is 0 Å². The fourth-order valence-electron chi connectivity index (χ4n) is 0.798. The van der Waals surface area contributed by atoms with Crippen molar-refractivity contribution >= 4 is 12.3 Å². The van der Waals surface area contributed by atoms with Crippen molar-refractivity contribution in [3.8, 4) is 0 Å². The lowest BCUT2D eigenvalue weighted by molar-refractivity contribution is -0.140. The van der Waals surface area contributed by atoms with Crippen LogP contribution in [0.2, 0.25) is 0 Å². The third-order valence-electron chi connectivity index (χ3n) is 1.73. The topological polar surface area (TPSA) is 66.4 Å². The molecule has 0 bridgehead atoms. The average molecular weight is 173 g/mol. The van der Waals surface area contributed by atoms with Crippen LogP contribution in [0.25, 0.3) is 0 Å². The van der Waals surface area contributed by atoms with Crippen LogP contribution >= 0.6 is 0 Å². The molecule has 0 fully saturated rings. The van der Waals surface area contributed by atoms with E-state index in [1.807, 2.05) is 13.8 Å². The van der Waals surface area contributed by atoms with Gasteiger partial charge in [-0.15, -0.1) is 0 Å². The van der Waals surface area contributed by atoms with Gasteiger partial charge in [0.2, 0.25) is 0 Å². The second-order valence-electron chi connectivity index (χ2n) is 2.77. The number of rotatable bonds is 6. The zero-order valence-corrected chi connectivity index (χ0v) is 7.41. The van der Waals surface area contributed by atoms with Gasteiger partial charge in [0.05, 0.1) is 0 Å². The number of carbonyl (C=O) groups excluding carboxylic acids is 1. The van der Waals surface area contributed by atoms with E-state index in [0.29, 0.717) is 6.29 Å². The van der Waals surface area contributed by atoms with Gasteiger partial charge in [0.15, 0.2) is 0 Å². The number of carbonyl (C=O) groups is 2. The Morgan fingerprint density at radius 3 is 2.58 bits per heavy atom. The van der Waals surface area contributed by atoms with E-state index in [4.69, 9.17) is 5.11 Å². The molecule has 0 aromatic heterocycles. The predicted octanol–water partition coefficient (Wildman–Crippen LogP) is 0.417. The Bertz CT molecular complexity index is 158. The third-order valence-corrected chi connectivity index (χ3v) is 1.73. The standard InChI is InChI=1S/C8H15NO3/c1-3-6(2)9-7(4-5-10)8(11)12/h5-7,9H,3-4H2,1-2H3,(H,11,12)/t6?,7-/m1/s1. The highest BCUT2D eigenvalue weighted by atomic mass is 16.4. The predicted molar refractivity (Wildman–Crippen MR) is 45.0 cm³/mol. The van der Waals surface area contributed by atoms with Crippen molar-refractivity contribution in [3.63, 3.8) is 0 Å².